The quantitative estimate of drug-likeness (QED) is 0.211. The average Bonchev–Trinajstić information content (AvgIpc) is 2.94. The molecule has 0 aliphatic rings. The molecule has 2 aromatic heterocycles. The number of carbonyl (C=O) groups is 3. The highest BCUT2D eigenvalue weighted by Gasteiger charge is 2.25. The first kappa shape index (κ1) is 22.5. The fraction of sp³-hybridized carbons (Fsp3) is 0.381. The minimum atomic E-state index is -0.486. The van der Waals surface area contributed by atoms with Crippen LogP contribution in [0.15, 0.2) is 23.2 Å². The number of fused-ring (bicyclic) bond motifs is 1. The van der Waals surface area contributed by atoms with Crippen LogP contribution in [-0.4, -0.2) is 41.5 Å². The van der Waals surface area contributed by atoms with Crippen LogP contribution in [0.2, 0.25) is 0 Å². The molecule has 0 spiro atoms. The summed E-state index contributed by atoms with van der Waals surface area (Å²) in [6.07, 6.45) is 4.79. The van der Waals surface area contributed by atoms with Gasteiger partial charge in [-0.1, -0.05) is 17.8 Å². The van der Waals surface area contributed by atoms with Gasteiger partial charge in [0.05, 0.1) is 34.9 Å². The summed E-state index contributed by atoms with van der Waals surface area (Å²) in [5.41, 5.74) is 3.55. The zero-order chi connectivity index (χ0) is 21.6. The van der Waals surface area contributed by atoms with E-state index in [1.165, 1.54) is 24.8 Å². The van der Waals surface area contributed by atoms with Crippen molar-refractivity contribution in [1.82, 2.24) is 4.40 Å². The third-order valence-electron chi connectivity index (χ3n) is 3.96. The second kappa shape index (κ2) is 10.2. The molecule has 0 saturated heterocycles. The highest BCUT2D eigenvalue weighted by molar-refractivity contribution is 7.99. The van der Waals surface area contributed by atoms with Gasteiger partial charge in [-0.2, -0.15) is 0 Å². The van der Waals surface area contributed by atoms with E-state index in [0.29, 0.717) is 21.7 Å². The maximum atomic E-state index is 12.8. The zero-order valence-electron chi connectivity index (χ0n) is 17.2. The summed E-state index contributed by atoms with van der Waals surface area (Å²) in [4.78, 5) is 36.4. The number of pyridine rings is 1. The van der Waals surface area contributed by atoms with Crippen LogP contribution >= 0.6 is 11.8 Å². The monoisotopic (exact) mass is 419 g/mol. The standard InChI is InChI=1S/C21H25NO6S/c1-6-26-17(24)9-8-16-20(29-12-28-15(5)23)18(21(25)27-7-2)19-14(4)10-13(3)11-22(16)19/h8-11H,6-7,12H2,1-5H3/b9-8+. The molecule has 0 aromatic carbocycles. The molecule has 0 radical (unpaired) electrons. The van der Waals surface area contributed by atoms with Gasteiger partial charge in [-0.3, -0.25) is 4.79 Å². The van der Waals surface area contributed by atoms with Gasteiger partial charge < -0.3 is 18.6 Å². The number of esters is 3. The van der Waals surface area contributed by atoms with Crippen molar-refractivity contribution in [2.45, 2.75) is 39.5 Å². The molecule has 156 valence electrons. The third kappa shape index (κ3) is 5.41. The van der Waals surface area contributed by atoms with Crippen LogP contribution in [0.25, 0.3) is 11.6 Å². The van der Waals surface area contributed by atoms with E-state index in [2.05, 4.69) is 0 Å². The van der Waals surface area contributed by atoms with Crippen LogP contribution < -0.4 is 0 Å². The summed E-state index contributed by atoms with van der Waals surface area (Å²) in [5, 5.41) is 0. The first-order valence-corrected chi connectivity index (χ1v) is 10.2. The number of carbonyl (C=O) groups excluding carboxylic acids is 3. The predicted molar refractivity (Wildman–Crippen MR) is 111 cm³/mol. The molecule has 29 heavy (non-hydrogen) atoms. The minimum Gasteiger partial charge on any atom is -0.463 e. The van der Waals surface area contributed by atoms with Gasteiger partial charge in [-0.25, -0.2) is 9.59 Å². The summed E-state index contributed by atoms with van der Waals surface area (Å²) in [5.74, 6) is -1.36. The first-order valence-electron chi connectivity index (χ1n) is 9.23. The molecule has 0 aliphatic carbocycles. The van der Waals surface area contributed by atoms with E-state index in [1.807, 2.05) is 30.5 Å². The van der Waals surface area contributed by atoms with Crippen molar-refractivity contribution in [3.05, 3.63) is 40.7 Å². The van der Waals surface area contributed by atoms with E-state index in [9.17, 15) is 14.4 Å². The Labute approximate surface area is 174 Å². The van der Waals surface area contributed by atoms with Crippen molar-refractivity contribution in [2.24, 2.45) is 0 Å². The molecule has 2 aromatic rings. The maximum Gasteiger partial charge on any atom is 0.341 e. The van der Waals surface area contributed by atoms with Crippen LogP contribution in [0.1, 0.15) is 48.0 Å². The van der Waals surface area contributed by atoms with Gasteiger partial charge in [0.1, 0.15) is 5.94 Å². The molecule has 0 unspecified atom stereocenters. The Hall–Kier alpha value is -2.74. The Morgan fingerprint density at radius 3 is 2.41 bits per heavy atom. The van der Waals surface area contributed by atoms with Gasteiger partial charge in [0.15, 0.2) is 0 Å². The Bertz CT molecular complexity index is 960. The van der Waals surface area contributed by atoms with Gasteiger partial charge in [0.2, 0.25) is 0 Å². The molecule has 0 saturated carbocycles. The number of ether oxygens (including phenoxy) is 3. The number of rotatable bonds is 8. The molecular formula is C21H25NO6S. The number of thioether (sulfide) groups is 1. The second-order valence-corrected chi connectivity index (χ2v) is 7.15. The van der Waals surface area contributed by atoms with E-state index in [4.69, 9.17) is 14.2 Å². The summed E-state index contributed by atoms with van der Waals surface area (Å²) < 4.78 is 17.1. The smallest absolute Gasteiger partial charge is 0.341 e. The lowest BCUT2D eigenvalue weighted by molar-refractivity contribution is -0.139. The van der Waals surface area contributed by atoms with E-state index in [0.717, 1.165) is 11.1 Å². The van der Waals surface area contributed by atoms with E-state index < -0.39 is 17.9 Å². The van der Waals surface area contributed by atoms with Crippen LogP contribution in [0.5, 0.6) is 0 Å². The fourth-order valence-corrected chi connectivity index (χ4v) is 3.94. The summed E-state index contributed by atoms with van der Waals surface area (Å²) >= 11 is 1.19. The summed E-state index contributed by atoms with van der Waals surface area (Å²) in [7, 11) is 0. The van der Waals surface area contributed by atoms with Crippen molar-refractivity contribution >= 4 is 41.3 Å². The Balaban J connectivity index is 2.72. The molecule has 0 fully saturated rings. The van der Waals surface area contributed by atoms with Gasteiger partial charge in [0, 0.05) is 19.2 Å². The molecule has 2 rings (SSSR count). The zero-order valence-corrected chi connectivity index (χ0v) is 18.1. The maximum absolute atomic E-state index is 12.8. The van der Waals surface area contributed by atoms with Crippen molar-refractivity contribution in [3.63, 3.8) is 0 Å². The highest BCUT2D eigenvalue weighted by Crippen LogP contribution is 2.36. The number of nitrogens with zero attached hydrogens (tertiary/aromatic N) is 1. The fourth-order valence-electron chi connectivity index (χ4n) is 2.96. The largest absolute Gasteiger partial charge is 0.463 e. The van der Waals surface area contributed by atoms with Gasteiger partial charge in [-0.15, -0.1) is 0 Å². The van der Waals surface area contributed by atoms with Gasteiger partial charge >= 0.3 is 17.9 Å². The van der Waals surface area contributed by atoms with Crippen LogP contribution in [0.4, 0.5) is 0 Å². The van der Waals surface area contributed by atoms with Crippen molar-refractivity contribution in [2.75, 3.05) is 19.2 Å². The van der Waals surface area contributed by atoms with Crippen LogP contribution in [0, 0.1) is 13.8 Å². The molecular weight excluding hydrogens is 394 g/mol. The Morgan fingerprint density at radius 1 is 1.10 bits per heavy atom. The van der Waals surface area contributed by atoms with E-state index in [-0.39, 0.29) is 19.2 Å². The van der Waals surface area contributed by atoms with E-state index in [1.54, 1.807) is 19.9 Å². The minimum absolute atomic E-state index is 0.0247. The Kier molecular flexibility index (Phi) is 7.90. The molecule has 2 heterocycles. The molecule has 0 N–H and O–H groups in total. The second-order valence-electron chi connectivity index (χ2n) is 6.21. The lowest BCUT2D eigenvalue weighted by Crippen LogP contribution is -2.06. The normalized spacial score (nSPS) is 11.1. The molecule has 0 bridgehead atoms. The third-order valence-corrected chi connectivity index (χ3v) is 4.89. The number of aryl methyl sites for hydroxylation is 2. The average molecular weight is 419 g/mol. The van der Waals surface area contributed by atoms with Crippen LogP contribution in [0.3, 0.4) is 0 Å². The summed E-state index contributed by atoms with van der Waals surface area (Å²) in [6, 6.07) is 1.97. The van der Waals surface area contributed by atoms with Gasteiger partial charge in [0.25, 0.3) is 0 Å². The lowest BCUT2D eigenvalue weighted by atomic mass is 10.1. The van der Waals surface area contributed by atoms with E-state index >= 15 is 0 Å². The number of hydrogen-bond acceptors (Lipinski definition) is 7. The highest BCUT2D eigenvalue weighted by atomic mass is 32.2. The van der Waals surface area contributed by atoms with Gasteiger partial charge in [-0.05, 0) is 44.9 Å². The first-order chi connectivity index (χ1) is 13.8. The van der Waals surface area contributed by atoms with Crippen molar-refractivity contribution in [1.29, 1.82) is 0 Å². The lowest BCUT2D eigenvalue weighted by Gasteiger charge is -2.06. The predicted octanol–water partition coefficient (Wildman–Crippen LogP) is 3.92. The summed E-state index contributed by atoms with van der Waals surface area (Å²) in [6.45, 7) is 9.12. The number of aromatic nitrogens is 1. The van der Waals surface area contributed by atoms with Crippen molar-refractivity contribution in [3.8, 4) is 0 Å². The molecule has 8 heteroatoms. The molecule has 0 aliphatic heterocycles. The van der Waals surface area contributed by atoms with Crippen LogP contribution in [-0.2, 0) is 23.8 Å². The number of hydrogen-bond donors (Lipinski definition) is 0. The molecule has 0 amide bonds. The molecule has 7 nitrogen and oxygen atoms in total. The van der Waals surface area contributed by atoms with Crippen molar-refractivity contribution < 1.29 is 28.6 Å². The SMILES string of the molecule is CCOC(=O)/C=C/c1c(SCOC(C)=O)c(C(=O)OCC)c2c(C)cc(C)cn12. The molecule has 0 atom stereocenters. The Morgan fingerprint density at radius 2 is 1.79 bits per heavy atom. The topological polar surface area (TPSA) is 83.3 Å².